The molecule has 2 aromatic rings. The lowest BCUT2D eigenvalue weighted by atomic mass is 9.59. The first-order valence-corrected chi connectivity index (χ1v) is 9.39. The number of ether oxygens (including phenoxy) is 1. The lowest BCUT2D eigenvalue weighted by molar-refractivity contribution is 0.140. The molecule has 1 aliphatic rings. The summed E-state index contributed by atoms with van der Waals surface area (Å²) in [4.78, 5) is 3.89. The molecular formula is C22H29F2NO. The second-order valence-corrected chi connectivity index (χ2v) is 7.17. The molecule has 4 heteroatoms. The van der Waals surface area contributed by atoms with Gasteiger partial charge in [0.1, 0.15) is 11.6 Å². The molecule has 1 unspecified atom stereocenters. The normalized spacial score (nSPS) is 17.8. The molecule has 1 aromatic carbocycles. The number of methoxy groups -OCH3 is 1. The first-order valence-electron chi connectivity index (χ1n) is 9.39. The molecule has 0 saturated heterocycles. The highest BCUT2D eigenvalue weighted by Crippen LogP contribution is 2.54. The van der Waals surface area contributed by atoms with Gasteiger partial charge in [-0.1, -0.05) is 40.7 Å². The van der Waals surface area contributed by atoms with Crippen LogP contribution >= 0.6 is 0 Å². The third kappa shape index (κ3) is 3.74. The van der Waals surface area contributed by atoms with Crippen LogP contribution in [0.4, 0.5) is 8.78 Å². The number of hydrogen-bond acceptors (Lipinski definition) is 2. The fraction of sp³-hybridized carbons (Fsp3) is 0.500. The maximum atomic E-state index is 14.4. The van der Waals surface area contributed by atoms with Crippen LogP contribution in [-0.2, 0) is 6.42 Å². The van der Waals surface area contributed by atoms with Gasteiger partial charge in [0.25, 0.3) is 0 Å². The molecule has 1 saturated carbocycles. The van der Waals surface area contributed by atoms with Crippen LogP contribution in [-0.4, -0.2) is 12.1 Å². The van der Waals surface area contributed by atoms with E-state index >= 15 is 0 Å². The highest BCUT2D eigenvalue weighted by molar-refractivity contribution is 5.70. The Morgan fingerprint density at radius 1 is 1.12 bits per heavy atom. The van der Waals surface area contributed by atoms with E-state index in [1.54, 1.807) is 6.07 Å². The van der Waals surface area contributed by atoms with Crippen molar-refractivity contribution in [2.75, 3.05) is 7.11 Å². The highest BCUT2D eigenvalue weighted by Gasteiger charge is 2.41. The number of pyridine rings is 1. The summed E-state index contributed by atoms with van der Waals surface area (Å²) in [5, 5.41) is 0. The second kappa shape index (κ2) is 8.15. The SMILES string of the molecule is CC.CCc1cc(C2CCC2(C)C)c(-c2cc(OC)ncc2F)cc1F. The first kappa shape index (κ1) is 20.3. The largest absolute Gasteiger partial charge is 0.481 e. The van der Waals surface area contributed by atoms with Crippen molar-refractivity contribution in [1.82, 2.24) is 4.98 Å². The molecule has 0 aliphatic heterocycles. The summed E-state index contributed by atoms with van der Waals surface area (Å²) >= 11 is 0. The quantitative estimate of drug-likeness (QED) is 0.618. The van der Waals surface area contributed by atoms with Crippen LogP contribution in [0.3, 0.4) is 0 Å². The van der Waals surface area contributed by atoms with E-state index in [1.807, 2.05) is 26.8 Å². The summed E-state index contributed by atoms with van der Waals surface area (Å²) in [6, 6.07) is 4.94. The molecule has 1 aromatic heterocycles. The van der Waals surface area contributed by atoms with E-state index < -0.39 is 5.82 Å². The number of aryl methyl sites for hydroxylation is 1. The monoisotopic (exact) mass is 361 g/mol. The third-order valence-electron chi connectivity index (χ3n) is 5.33. The van der Waals surface area contributed by atoms with E-state index in [9.17, 15) is 8.78 Å². The molecule has 1 heterocycles. The number of hydrogen-bond donors (Lipinski definition) is 0. The predicted molar refractivity (Wildman–Crippen MR) is 103 cm³/mol. The van der Waals surface area contributed by atoms with Gasteiger partial charge in [-0.3, -0.25) is 0 Å². The van der Waals surface area contributed by atoms with Gasteiger partial charge < -0.3 is 4.74 Å². The van der Waals surface area contributed by atoms with Crippen molar-refractivity contribution < 1.29 is 13.5 Å². The molecule has 0 bridgehead atoms. The predicted octanol–water partition coefficient (Wildman–Crippen LogP) is 6.53. The minimum Gasteiger partial charge on any atom is -0.481 e. The Morgan fingerprint density at radius 3 is 2.31 bits per heavy atom. The topological polar surface area (TPSA) is 22.1 Å². The lowest BCUT2D eigenvalue weighted by Crippen LogP contribution is -2.33. The Labute approximate surface area is 155 Å². The Balaban J connectivity index is 0.00000117. The summed E-state index contributed by atoms with van der Waals surface area (Å²) in [6.45, 7) is 10.4. The number of nitrogens with zero attached hydrogens (tertiary/aromatic N) is 1. The Kier molecular flexibility index (Phi) is 6.38. The van der Waals surface area contributed by atoms with E-state index in [4.69, 9.17) is 4.74 Å². The highest BCUT2D eigenvalue weighted by atomic mass is 19.1. The van der Waals surface area contributed by atoms with Gasteiger partial charge in [0.2, 0.25) is 5.88 Å². The molecule has 1 atom stereocenters. The summed E-state index contributed by atoms with van der Waals surface area (Å²) < 4.78 is 34.0. The Morgan fingerprint density at radius 2 is 1.81 bits per heavy atom. The molecule has 2 nitrogen and oxygen atoms in total. The van der Waals surface area contributed by atoms with Crippen molar-refractivity contribution in [2.24, 2.45) is 5.41 Å². The average molecular weight is 361 g/mol. The summed E-state index contributed by atoms with van der Waals surface area (Å²) in [6.07, 6.45) is 3.92. The van der Waals surface area contributed by atoms with Crippen molar-refractivity contribution in [3.8, 4) is 17.0 Å². The smallest absolute Gasteiger partial charge is 0.213 e. The van der Waals surface area contributed by atoms with E-state index in [2.05, 4.69) is 18.8 Å². The van der Waals surface area contributed by atoms with Gasteiger partial charge in [-0.05, 0) is 53.4 Å². The summed E-state index contributed by atoms with van der Waals surface area (Å²) in [5.41, 5.74) is 2.81. The maximum Gasteiger partial charge on any atom is 0.213 e. The number of benzene rings is 1. The van der Waals surface area contributed by atoms with Gasteiger partial charge in [-0.25, -0.2) is 13.8 Å². The second-order valence-electron chi connectivity index (χ2n) is 7.17. The maximum absolute atomic E-state index is 14.4. The van der Waals surface area contributed by atoms with Crippen molar-refractivity contribution in [1.29, 1.82) is 0 Å². The van der Waals surface area contributed by atoms with E-state index in [-0.39, 0.29) is 11.2 Å². The van der Waals surface area contributed by atoms with Gasteiger partial charge in [-0.2, -0.15) is 0 Å². The lowest BCUT2D eigenvalue weighted by Gasteiger charge is -2.46. The van der Waals surface area contributed by atoms with Gasteiger partial charge in [0.15, 0.2) is 0 Å². The zero-order valence-corrected chi connectivity index (χ0v) is 16.6. The molecule has 0 radical (unpaired) electrons. The van der Waals surface area contributed by atoms with Gasteiger partial charge in [-0.15, -0.1) is 0 Å². The molecule has 1 fully saturated rings. The van der Waals surface area contributed by atoms with Crippen molar-refractivity contribution >= 4 is 0 Å². The van der Waals surface area contributed by atoms with Gasteiger partial charge >= 0.3 is 0 Å². The molecular weight excluding hydrogens is 332 g/mol. The van der Waals surface area contributed by atoms with E-state index in [0.29, 0.717) is 34.9 Å². The van der Waals surface area contributed by atoms with Crippen LogP contribution in [0.5, 0.6) is 5.88 Å². The molecule has 26 heavy (non-hydrogen) atoms. The molecule has 3 rings (SSSR count). The van der Waals surface area contributed by atoms with Gasteiger partial charge in [0.05, 0.1) is 13.3 Å². The van der Waals surface area contributed by atoms with Crippen LogP contribution in [0.25, 0.3) is 11.1 Å². The fourth-order valence-electron chi connectivity index (χ4n) is 3.61. The first-order chi connectivity index (χ1) is 12.4. The van der Waals surface area contributed by atoms with Crippen LogP contribution < -0.4 is 4.74 Å². The number of rotatable bonds is 4. The van der Waals surface area contributed by atoms with Crippen LogP contribution in [0.1, 0.15) is 64.5 Å². The molecule has 0 amide bonds. The van der Waals surface area contributed by atoms with Crippen molar-refractivity contribution in [3.63, 3.8) is 0 Å². The number of aromatic nitrogens is 1. The Hall–Kier alpha value is -1.97. The van der Waals surface area contributed by atoms with Gasteiger partial charge in [0, 0.05) is 11.6 Å². The number of halogens is 2. The van der Waals surface area contributed by atoms with Crippen LogP contribution in [0.2, 0.25) is 0 Å². The summed E-state index contributed by atoms with van der Waals surface area (Å²) in [7, 11) is 1.49. The van der Waals surface area contributed by atoms with Crippen LogP contribution in [0.15, 0.2) is 24.4 Å². The van der Waals surface area contributed by atoms with E-state index in [1.165, 1.54) is 13.2 Å². The fourth-order valence-corrected chi connectivity index (χ4v) is 3.61. The molecule has 0 spiro atoms. The molecule has 142 valence electrons. The molecule has 1 aliphatic carbocycles. The van der Waals surface area contributed by atoms with E-state index in [0.717, 1.165) is 24.6 Å². The van der Waals surface area contributed by atoms with Crippen LogP contribution in [0, 0.1) is 17.0 Å². The minimum absolute atomic E-state index is 0.144. The third-order valence-corrected chi connectivity index (χ3v) is 5.33. The minimum atomic E-state index is -0.460. The van der Waals surface area contributed by atoms with Crippen molar-refractivity contribution in [3.05, 3.63) is 47.2 Å². The summed E-state index contributed by atoms with van der Waals surface area (Å²) in [5.74, 6) is -0.122. The zero-order valence-electron chi connectivity index (χ0n) is 16.6. The average Bonchev–Trinajstić information content (AvgIpc) is 2.64. The van der Waals surface area contributed by atoms with Crippen molar-refractivity contribution in [2.45, 2.75) is 59.8 Å². The zero-order chi connectivity index (χ0) is 19.5. The molecule has 0 N–H and O–H groups in total. The standard InChI is InChI=1S/C20H23F2NO.C2H6/c1-5-12-8-14(16-6-7-20(16,2)3)13(9-17(12)21)15-10-19(24-4)23-11-18(15)22;1-2/h8-11,16H,5-7H2,1-4H3;1-2H3. The Bertz CT molecular complexity index is 771.